The van der Waals surface area contributed by atoms with Crippen molar-refractivity contribution in [2.75, 3.05) is 32.1 Å². The first-order valence-electron chi connectivity index (χ1n) is 6.64. The van der Waals surface area contributed by atoms with Crippen LogP contribution in [0, 0.1) is 5.92 Å². The number of hydrogen-bond acceptors (Lipinski definition) is 4. The fraction of sp³-hybridized carbons (Fsp3) is 0.500. The molecule has 0 saturated carbocycles. The van der Waals surface area contributed by atoms with Crippen LogP contribution in [0.15, 0.2) is 18.2 Å². The molecule has 3 rings (SSSR count). The lowest BCUT2D eigenvalue weighted by Gasteiger charge is -2.23. The Bertz CT molecular complexity index is 503. The Labute approximate surface area is 112 Å². The maximum atomic E-state index is 11.2. The van der Waals surface area contributed by atoms with Gasteiger partial charge in [-0.05, 0) is 43.6 Å². The highest BCUT2D eigenvalue weighted by molar-refractivity contribution is 5.95. The molecular weight excluding hydrogens is 242 g/mol. The van der Waals surface area contributed by atoms with Gasteiger partial charge in [-0.1, -0.05) is 6.07 Å². The van der Waals surface area contributed by atoms with Crippen molar-refractivity contribution < 1.29 is 9.53 Å². The van der Waals surface area contributed by atoms with E-state index in [-0.39, 0.29) is 12.5 Å². The summed E-state index contributed by atoms with van der Waals surface area (Å²) in [7, 11) is 2.13. The lowest BCUT2D eigenvalue weighted by Crippen LogP contribution is -2.25. The summed E-state index contributed by atoms with van der Waals surface area (Å²) in [4.78, 5) is 13.6. The molecule has 0 aromatic heterocycles. The maximum absolute atomic E-state index is 11.2. The Kier molecular flexibility index (Phi) is 3.16. The molecule has 102 valence electrons. The summed E-state index contributed by atoms with van der Waals surface area (Å²) in [6.07, 6.45) is 1.08. The zero-order valence-electron chi connectivity index (χ0n) is 11.1. The van der Waals surface area contributed by atoms with Crippen molar-refractivity contribution in [1.82, 2.24) is 4.90 Å². The number of amides is 1. The molecule has 1 fully saturated rings. The summed E-state index contributed by atoms with van der Waals surface area (Å²) in [5.74, 6) is 1.23. The number of fused-ring (bicyclic) bond motifs is 1. The van der Waals surface area contributed by atoms with Gasteiger partial charge in [0.1, 0.15) is 5.75 Å². The molecule has 5 heteroatoms. The number of rotatable bonds is 2. The van der Waals surface area contributed by atoms with Crippen LogP contribution in [0.25, 0.3) is 0 Å². The number of ether oxygens (including phenoxy) is 1. The standard InChI is InChI=1S/C14H19N3O2/c1-17-7-9(6-15)4-12(17)10-2-3-11-13(5-10)19-8-14(18)16-11/h2-3,5,9,12H,4,6-8,15H2,1H3,(H,16,18). The maximum Gasteiger partial charge on any atom is 0.262 e. The number of carbonyl (C=O) groups is 1. The second-order valence-electron chi connectivity index (χ2n) is 5.39. The monoisotopic (exact) mass is 261 g/mol. The average molecular weight is 261 g/mol. The molecular formula is C14H19N3O2. The molecule has 1 saturated heterocycles. The Morgan fingerprint density at radius 1 is 1.53 bits per heavy atom. The fourth-order valence-electron chi connectivity index (χ4n) is 2.96. The van der Waals surface area contributed by atoms with Crippen LogP contribution in [0.2, 0.25) is 0 Å². The molecule has 1 aromatic carbocycles. The highest BCUT2D eigenvalue weighted by Crippen LogP contribution is 2.37. The Hall–Kier alpha value is -1.59. The van der Waals surface area contributed by atoms with E-state index >= 15 is 0 Å². The van der Waals surface area contributed by atoms with Crippen molar-refractivity contribution >= 4 is 11.6 Å². The first-order chi connectivity index (χ1) is 9.17. The first-order valence-corrected chi connectivity index (χ1v) is 6.64. The van der Waals surface area contributed by atoms with Crippen LogP contribution in [0.3, 0.4) is 0 Å². The number of nitrogens with two attached hydrogens (primary N) is 1. The number of likely N-dealkylation sites (tertiary alicyclic amines) is 1. The molecule has 2 aliphatic rings. The van der Waals surface area contributed by atoms with Gasteiger partial charge >= 0.3 is 0 Å². The third-order valence-electron chi connectivity index (χ3n) is 3.99. The number of nitrogens with one attached hydrogen (secondary N) is 1. The molecule has 19 heavy (non-hydrogen) atoms. The summed E-state index contributed by atoms with van der Waals surface area (Å²) in [6.45, 7) is 1.87. The molecule has 0 radical (unpaired) electrons. The zero-order valence-corrected chi connectivity index (χ0v) is 11.1. The molecule has 3 N–H and O–H groups in total. The van der Waals surface area contributed by atoms with Gasteiger partial charge in [0.25, 0.3) is 5.91 Å². The highest BCUT2D eigenvalue weighted by atomic mass is 16.5. The van der Waals surface area contributed by atoms with Crippen molar-refractivity contribution in [3.05, 3.63) is 23.8 Å². The van der Waals surface area contributed by atoms with Crippen molar-refractivity contribution in [3.8, 4) is 5.75 Å². The van der Waals surface area contributed by atoms with E-state index in [1.807, 2.05) is 12.1 Å². The van der Waals surface area contributed by atoms with Crippen LogP contribution in [-0.2, 0) is 4.79 Å². The summed E-state index contributed by atoms with van der Waals surface area (Å²) in [5, 5.41) is 2.81. The van der Waals surface area contributed by atoms with Gasteiger partial charge in [-0.25, -0.2) is 0 Å². The lowest BCUT2D eigenvalue weighted by atomic mass is 9.99. The number of carbonyl (C=O) groups excluding carboxylic acids is 1. The fourth-order valence-corrected chi connectivity index (χ4v) is 2.96. The molecule has 0 aliphatic carbocycles. The van der Waals surface area contributed by atoms with Crippen LogP contribution >= 0.6 is 0 Å². The summed E-state index contributed by atoms with van der Waals surface area (Å²) >= 11 is 0. The largest absolute Gasteiger partial charge is 0.482 e. The minimum absolute atomic E-state index is 0.0959. The van der Waals surface area contributed by atoms with E-state index in [1.54, 1.807) is 0 Å². The van der Waals surface area contributed by atoms with Gasteiger partial charge in [-0.2, -0.15) is 0 Å². The van der Waals surface area contributed by atoms with Gasteiger partial charge in [0, 0.05) is 12.6 Å². The number of nitrogens with zero attached hydrogens (tertiary/aromatic N) is 1. The summed E-state index contributed by atoms with van der Waals surface area (Å²) < 4.78 is 5.47. The Morgan fingerprint density at radius 3 is 3.11 bits per heavy atom. The van der Waals surface area contributed by atoms with Crippen molar-refractivity contribution in [1.29, 1.82) is 0 Å². The lowest BCUT2D eigenvalue weighted by molar-refractivity contribution is -0.118. The predicted molar refractivity (Wildman–Crippen MR) is 73.1 cm³/mol. The minimum Gasteiger partial charge on any atom is -0.482 e. The second kappa shape index (κ2) is 4.83. The van der Waals surface area contributed by atoms with Gasteiger partial charge in [-0.15, -0.1) is 0 Å². The van der Waals surface area contributed by atoms with E-state index in [0.29, 0.717) is 12.0 Å². The quantitative estimate of drug-likeness (QED) is 0.832. The van der Waals surface area contributed by atoms with E-state index in [9.17, 15) is 4.79 Å². The van der Waals surface area contributed by atoms with Crippen molar-refractivity contribution in [2.45, 2.75) is 12.5 Å². The second-order valence-corrected chi connectivity index (χ2v) is 5.39. The van der Waals surface area contributed by atoms with Crippen LogP contribution in [0.4, 0.5) is 5.69 Å². The number of benzene rings is 1. The van der Waals surface area contributed by atoms with Gasteiger partial charge in [0.15, 0.2) is 6.61 Å². The SMILES string of the molecule is CN1CC(CN)CC1c1ccc2c(c1)OCC(=O)N2. The van der Waals surface area contributed by atoms with E-state index in [4.69, 9.17) is 10.5 Å². The van der Waals surface area contributed by atoms with E-state index in [2.05, 4.69) is 23.3 Å². The topological polar surface area (TPSA) is 67.6 Å². The normalized spacial score (nSPS) is 26.7. The molecule has 2 heterocycles. The Morgan fingerprint density at radius 2 is 2.37 bits per heavy atom. The van der Waals surface area contributed by atoms with E-state index < -0.39 is 0 Å². The minimum atomic E-state index is -0.0959. The van der Waals surface area contributed by atoms with Gasteiger partial charge in [0.2, 0.25) is 0 Å². The molecule has 2 unspecified atom stereocenters. The van der Waals surface area contributed by atoms with E-state index in [1.165, 1.54) is 5.56 Å². The van der Waals surface area contributed by atoms with Gasteiger partial charge in [0.05, 0.1) is 5.69 Å². The van der Waals surface area contributed by atoms with Crippen LogP contribution in [0.5, 0.6) is 5.75 Å². The highest BCUT2D eigenvalue weighted by Gasteiger charge is 2.30. The molecule has 1 aromatic rings. The van der Waals surface area contributed by atoms with Gasteiger partial charge < -0.3 is 15.8 Å². The van der Waals surface area contributed by atoms with Gasteiger partial charge in [-0.3, -0.25) is 9.69 Å². The van der Waals surface area contributed by atoms with E-state index in [0.717, 1.165) is 30.9 Å². The van der Waals surface area contributed by atoms with Crippen LogP contribution in [0.1, 0.15) is 18.0 Å². The number of hydrogen-bond donors (Lipinski definition) is 2. The summed E-state index contributed by atoms with van der Waals surface area (Å²) in [5.41, 5.74) is 7.75. The van der Waals surface area contributed by atoms with Crippen LogP contribution in [-0.4, -0.2) is 37.6 Å². The average Bonchev–Trinajstić information content (AvgIpc) is 2.79. The molecule has 5 nitrogen and oxygen atoms in total. The third-order valence-corrected chi connectivity index (χ3v) is 3.99. The summed E-state index contributed by atoms with van der Waals surface area (Å²) in [6, 6.07) is 6.41. The zero-order chi connectivity index (χ0) is 13.4. The first kappa shape index (κ1) is 12.4. The Balaban J connectivity index is 1.84. The van der Waals surface area contributed by atoms with Crippen molar-refractivity contribution in [2.24, 2.45) is 11.7 Å². The molecule has 1 amide bonds. The molecule has 2 aliphatic heterocycles. The predicted octanol–water partition coefficient (Wildman–Crippen LogP) is 0.969. The van der Waals surface area contributed by atoms with Crippen LogP contribution < -0.4 is 15.8 Å². The molecule has 0 spiro atoms. The number of anilines is 1. The molecule has 2 atom stereocenters. The third kappa shape index (κ3) is 2.31. The molecule has 0 bridgehead atoms. The van der Waals surface area contributed by atoms with Crippen molar-refractivity contribution in [3.63, 3.8) is 0 Å². The smallest absolute Gasteiger partial charge is 0.262 e.